The second-order valence-corrected chi connectivity index (χ2v) is 6.69. The molecular formula is C17H25NO3S. The summed E-state index contributed by atoms with van der Waals surface area (Å²) in [5.74, 6) is 1.90. The highest BCUT2D eigenvalue weighted by molar-refractivity contribution is 7.99. The normalized spacial score (nSPS) is 15.5. The Morgan fingerprint density at radius 1 is 1.32 bits per heavy atom. The third-order valence-corrected chi connectivity index (χ3v) is 4.93. The Morgan fingerprint density at radius 2 is 2.05 bits per heavy atom. The molecule has 0 aliphatic carbocycles. The summed E-state index contributed by atoms with van der Waals surface area (Å²) < 4.78 is 10.7. The standard InChI is InChI=1S/C17H25NO3S/c1-2-21-15-5-3-14(4-6-15)13-17(19)18-9-12-22-16-7-10-20-11-8-16/h3-6,16H,2,7-13H2,1H3,(H,18,19). The first-order chi connectivity index (χ1) is 10.8. The van der Waals surface area contributed by atoms with Crippen LogP contribution in [0.4, 0.5) is 0 Å². The van der Waals surface area contributed by atoms with E-state index < -0.39 is 0 Å². The Kier molecular flexibility index (Phi) is 7.60. The fourth-order valence-corrected chi connectivity index (χ4v) is 3.46. The number of carbonyl (C=O) groups excluding carboxylic acids is 1. The molecule has 0 atom stereocenters. The second-order valence-electron chi connectivity index (χ2n) is 5.29. The lowest BCUT2D eigenvalue weighted by molar-refractivity contribution is -0.120. The fourth-order valence-electron chi connectivity index (χ4n) is 2.38. The summed E-state index contributed by atoms with van der Waals surface area (Å²) in [5.41, 5.74) is 1.01. The Hall–Kier alpha value is -1.20. The zero-order valence-corrected chi connectivity index (χ0v) is 14.0. The van der Waals surface area contributed by atoms with Crippen LogP contribution < -0.4 is 10.1 Å². The van der Waals surface area contributed by atoms with Crippen molar-refractivity contribution in [1.29, 1.82) is 0 Å². The van der Waals surface area contributed by atoms with E-state index in [2.05, 4.69) is 5.32 Å². The van der Waals surface area contributed by atoms with Crippen molar-refractivity contribution in [3.8, 4) is 5.75 Å². The minimum absolute atomic E-state index is 0.0803. The van der Waals surface area contributed by atoms with Crippen LogP contribution in [0.15, 0.2) is 24.3 Å². The van der Waals surface area contributed by atoms with Crippen LogP contribution in [-0.2, 0) is 16.0 Å². The molecule has 5 heteroatoms. The third kappa shape index (κ3) is 6.28. The van der Waals surface area contributed by atoms with Gasteiger partial charge in [-0.05, 0) is 37.5 Å². The number of carbonyl (C=O) groups is 1. The largest absolute Gasteiger partial charge is 0.494 e. The van der Waals surface area contributed by atoms with Gasteiger partial charge in [-0.2, -0.15) is 11.8 Å². The molecule has 0 saturated carbocycles. The summed E-state index contributed by atoms with van der Waals surface area (Å²) in [6, 6.07) is 7.71. The first-order valence-corrected chi connectivity index (χ1v) is 9.00. The fraction of sp³-hybridized carbons (Fsp3) is 0.588. The zero-order chi connectivity index (χ0) is 15.6. The van der Waals surface area contributed by atoms with E-state index in [0.717, 1.165) is 49.7 Å². The highest BCUT2D eigenvalue weighted by Gasteiger charge is 2.13. The maximum absolute atomic E-state index is 11.9. The molecule has 122 valence electrons. The smallest absolute Gasteiger partial charge is 0.224 e. The van der Waals surface area contributed by atoms with Gasteiger partial charge < -0.3 is 14.8 Å². The van der Waals surface area contributed by atoms with E-state index in [1.807, 2.05) is 43.0 Å². The molecule has 0 spiro atoms. The molecule has 1 saturated heterocycles. The van der Waals surface area contributed by atoms with Gasteiger partial charge in [-0.25, -0.2) is 0 Å². The molecule has 1 amide bonds. The van der Waals surface area contributed by atoms with Gasteiger partial charge in [0, 0.05) is 30.8 Å². The number of ether oxygens (including phenoxy) is 2. The van der Waals surface area contributed by atoms with E-state index in [-0.39, 0.29) is 5.91 Å². The van der Waals surface area contributed by atoms with Gasteiger partial charge in [-0.15, -0.1) is 0 Å². The van der Waals surface area contributed by atoms with Crippen molar-refractivity contribution < 1.29 is 14.3 Å². The lowest BCUT2D eigenvalue weighted by Crippen LogP contribution is -2.28. The molecule has 2 rings (SSSR count). The van der Waals surface area contributed by atoms with Gasteiger partial charge in [0.2, 0.25) is 5.91 Å². The molecule has 4 nitrogen and oxygen atoms in total. The van der Waals surface area contributed by atoms with Crippen LogP contribution in [0.1, 0.15) is 25.3 Å². The number of hydrogen-bond acceptors (Lipinski definition) is 4. The van der Waals surface area contributed by atoms with Crippen molar-refractivity contribution >= 4 is 17.7 Å². The van der Waals surface area contributed by atoms with Gasteiger partial charge in [0.05, 0.1) is 13.0 Å². The van der Waals surface area contributed by atoms with E-state index in [1.54, 1.807) is 0 Å². The molecule has 0 bridgehead atoms. The predicted octanol–water partition coefficient (Wildman–Crippen LogP) is 2.66. The molecule has 1 aromatic rings. The summed E-state index contributed by atoms with van der Waals surface area (Å²) in [4.78, 5) is 11.9. The number of amides is 1. The van der Waals surface area contributed by atoms with Gasteiger partial charge in [0.1, 0.15) is 5.75 Å². The van der Waals surface area contributed by atoms with Crippen LogP contribution in [-0.4, -0.2) is 43.3 Å². The summed E-state index contributed by atoms with van der Waals surface area (Å²) in [7, 11) is 0. The number of nitrogens with one attached hydrogen (secondary N) is 1. The van der Waals surface area contributed by atoms with Crippen molar-refractivity contribution in [2.75, 3.05) is 32.1 Å². The van der Waals surface area contributed by atoms with Crippen LogP contribution in [0, 0.1) is 0 Å². The first-order valence-electron chi connectivity index (χ1n) is 7.95. The summed E-state index contributed by atoms with van der Waals surface area (Å²) in [6.07, 6.45) is 2.68. The van der Waals surface area contributed by atoms with Gasteiger partial charge in [-0.1, -0.05) is 12.1 Å². The summed E-state index contributed by atoms with van der Waals surface area (Å²) in [5, 5.41) is 3.68. The number of hydrogen-bond donors (Lipinski definition) is 1. The topological polar surface area (TPSA) is 47.6 Å². The van der Waals surface area contributed by atoms with Gasteiger partial charge in [-0.3, -0.25) is 4.79 Å². The van der Waals surface area contributed by atoms with Crippen molar-refractivity contribution in [3.63, 3.8) is 0 Å². The van der Waals surface area contributed by atoms with E-state index in [1.165, 1.54) is 0 Å². The average molecular weight is 323 g/mol. The zero-order valence-electron chi connectivity index (χ0n) is 13.2. The number of benzene rings is 1. The quantitative estimate of drug-likeness (QED) is 0.747. The van der Waals surface area contributed by atoms with Gasteiger partial charge >= 0.3 is 0 Å². The molecule has 0 radical (unpaired) electrons. The molecule has 1 N–H and O–H groups in total. The summed E-state index contributed by atoms with van der Waals surface area (Å²) >= 11 is 1.94. The molecule has 1 aliphatic rings. The minimum Gasteiger partial charge on any atom is -0.494 e. The summed E-state index contributed by atoms with van der Waals surface area (Å²) in [6.45, 7) is 5.10. The molecular weight excluding hydrogens is 298 g/mol. The van der Waals surface area contributed by atoms with Crippen LogP contribution in [0.25, 0.3) is 0 Å². The van der Waals surface area contributed by atoms with E-state index >= 15 is 0 Å². The average Bonchev–Trinajstić information content (AvgIpc) is 2.55. The Labute approximate surface area is 137 Å². The lowest BCUT2D eigenvalue weighted by atomic mass is 10.1. The second kappa shape index (κ2) is 9.74. The third-order valence-electron chi connectivity index (χ3n) is 3.55. The van der Waals surface area contributed by atoms with Crippen LogP contribution in [0.3, 0.4) is 0 Å². The molecule has 1 aromatic carbocycles. The molecule has 0 aromatic heterocycles. The molecule has 1 heterocycles. The number of thioether (sulfide) groups is 1. The van der Waals surface area contributed by atoms with E-state index in [0.29, 0.717) is 18.3 Å². The molecule has 0 unspecified atom stereocenters. The first kappa shape index (κ1) is 17.2. The van der Waals surface area contributed by atoms with E-state index in [4.69, 9.17) is 9.47 Å². The minimum atomic E-state index is 0.0803. The van der Waals surface area contributed by atoms with Crippen LogP contribution in [0.5, 0.6) is 5.75 Å². The maximum atomic E-state index is 11.9. The van der Waals surface area contributed by atoms with E-state index in [9.17, 15) is 4.79 Å². The monoisotopic (exact) mass is 323 g/mol. The Balaban J connectivity index is 1.60. The van der Waals surface area contributed by atoms with Crippen molar-refractivity contribution in [3.05, 3.63) is 29.8 Å². The maximum Gasteiger partial charge on any atom is 0.224 e. The Morgan fingerprint density at radius 3 is 2.73 bits per heavy atom. The van der Waals surface area contributed by atoms with Crippen molar-refractivity contribution in [1.82, 2.24) is 5.32 Å². The van der Waals surface area contributed by atoms with Crippen molar-refractivity contribution in [2.24, 2.45) is 0 Å². The van der Waals surface area contributed by atoms with Crippen LogP contribution >= 0.6 is 11.8 Å². The van der Waals surface area contributed by atoms with Gasteiger partial charge in [0.15, 0.2) is 0 Å². The molecule has 1 fully saturated rings. The molecule has 1 aliphatic heterocycles. The lowest BCUT2D eigenvalue weighted by Gasteiger charge is -2.21. The van der Waals surface area contributed by atoms with Crippen molar-refractivity contribution in [2.45, 2.75) is 31.4 Å². The molecule has 22 heavy (non-hydrogen) atoms. The Bertz CT molecular complexity index is 444. The predicted molar refractivity (Wildman–Crippen MR) is 90.6 cm³/mol. The van der Waals surface area contributed by atoms with Crippen LogP contribution in [0.2, 0.25) is 0 Å². The SMILES string of the molecule is CCOc1ccc(CC(=O)NCCSC2CCOCC2)cc1. The highest BCUT2D eigenvalue weighted by atomic mass is 32.2. The highest BCUT2D eigenvalue weighted by Crippen LogP contribution is 2.21. The van der Waals surface area contributed by atoms with Gasteiger partial charge in [0.25, 0.3) is 0 Å². The number of rotatable bonds is 8.